The maximum Gasteiger partial charge on any atom is 0.367 e. The van der Waals surface area contributed by atoms with Gasteiger partial charge in [-0.25, -0.2) is 19.0 Å². The van der Waals surface area contributed by atoms with Crippen molar-refractivity contribution >= 4 is 39.2 Å². The maximum absolute atomic E-state index is 14.9. The first-order chi connectivity index (χ1) is 14.6. The van der Waals surface area contributed by atoms with Crippen LogP contribution in [0.3, 0.4) is 0 Å². The van der Waals surface area contributed by atoms with Gasteiger partial charge < -0.3 is 9.47 Å². The molecule has 0 aliphatic carbocycles. The van der Waals surface area contributed by atoms with Crippen molar-refractivity contribution in [3.05, 3.63) is 73.9 Å². The monoisotopic (exact) mass is 505 g/mol. The largest absolute Gasteiger partial charge is 0.464 e. The van der Waals surface area contributed by atoms with E-state index in [4.69, 9.17) is 4.74 Å². The standard InChI is InChI=1S/C23H21BrFNO4S/c1-23(2,3)30-21(27)16-8-6-5-7-15(16)13-9-10-14(17(25)11-13)12-18-19(24)31-20(26-18)22(28)29-4/h5-11H,12H2,1-4H3. The lowest BCUT2D eigenvalue weighted by molar-refractivity contribution is 0.00702. The van der Waals surface area contributed by atoms with Crippen LogP contribution in [0.25, 0.3) is 11.1 Å². The van der Waals surface area contributed by atoms with E-state index in [1.165, 1.54) is 13.2 Å². The third-order valence-corrected chi connectivity index (χ3v) is 6.09. The topological polar surface area (TPSA) is 65.5 Å². The van der Waals surface area contributed by atoms with Gasteiger partial charge in [-0.3, -0.25) is 0 Å². The zero-order valence-electron chi connectivity index (χ0n) is 17.5. The second-order valence-corrected chi connectivity index (χ2v) is 10.1. The third kappa shape index (κ3) is 5.57. The lowest BCUT2D eigenvalue weighted by Crippen LogP contribution is -2.24. The molecule has 0 aliphatic rings. The maximum atomic E-state index is 14.9. The van der Waals surface area contributed by atoms with Crippen LogP contribution >= 0.6 is 27.3 Å². The van der Waals surface area contributed by atoms with Gasteiger partial charge in [-0.1, -0.05) is 41.7 Å². The highest BCUT2D eigenvalue weighted by molar-refractivity contribution is 9.11. The Kier molecular flexibility index (Phi) is 6.91. The van der Waals surface area contributed by atoms with Crippen LogP contribution in [0, 0.1) is 5.82 Å². The number of ether oxygens (including phenoxy) is 2. The van der Waals surface area contributed by atoms with Crippen molar-refractivity contribution in [2.75, 3.05) is 7.11 Å². The van der Waals surface area contributed by atoms with Crippen LogP contribution in [0.5, 0.6) is 0 Å². The van der Waals surface area contributed by atoms with Crippen LogP contribution in [0.4, 0.5) is 4.39 Å². The number of hydrogen-bond acceptors (Lipinski definition) is 6. The summed E-state index contributed by atoms with van der Waals surface area (Å²) in [5.41, 5.74) is 1.85. The zero-order valence-corrected chi connectivity index (χ0v) is 19.9. The lowest BCUT2D eigenvalue weighted by atomic mass is 9.97. The van der Waals surface area contributed by atoms with E-state index < -0.39 is 23.4 Å². The number of rotatable bonds is 5. The van der Waals surface area contributed by atoms with Crippen LogP contribution in [0.2, 0.25) is 0 Å². The first-order valence-electron chi connectivity index (χ1n) is 9.43. The second kappa shape index (κ2) is 9.28. The van der Waals surface area contributed by atoms with Crippen molar-refractivity contribution in [3.8, 4) is 11.1 Å². The van der Waals surface area contributed by atoms with Crippen LogP contribution in [-0.2, 0) is 15.9 Å². The minimum absolute atomic E-state index is 0.202. The van der Waals surface area contributed by atoms with Crippen molar-refractivity contribution in [2.45, 2.75) is 32.8 Å². The van der Waals surface area contributed by atoms with E-state index in [0.717, 1.165) is 11.3 Å². The van der Waals surface area contributed by atoms with Gasteiger partial charge in [0.25, 0.3) is 0 Å². The number of methoxy groups -OCH3 is 1. The predicted octanol–water partition coefficient (Wildman–Crippen LogP) is 6.04. The first kappa shape index (κ1) is 23.1. The zero-order chi connectivity index (χ0) is 22.8. The molecule has 0 fully saturated rings. The fraction of sp³-hybridized carbons (Fsp3) is 0.261. The molecule has 3 aromatic rings. The summed E-state index contributed by atoms with van der Waals surface area (Å²) in [6.07, 6.45) is 0.202. The first-order valence-corrected chi connectivity index (χ1v) is 11.0. The van der Waals surface area contributed by atoms with E-state index in [0.29, 0.717) is 31.7 Å². The quantitative estimate of drug-likeness (QED) is 0.395. The van der Waals surface area contributed by atoms with Gasteiger partial charge in [-0.2, -0.15) is 0 Å². The van der Waals surface area contributed by atoms with E-state index in [9.17, 15) is 14.0 Å². The van der Waals surface area contributed by atoms with Crippen LogP contribution < -0.4 is 0 Å². The highest BCUT2D eigenvalue weighted by atomic mass is 79.9. The van der Waals surface area contributed by atoms with Gasteiger partial charge in [-0.15, -0.1) is 0 Å². The Morgan fingerprint density at radius 2 is 1.84 bits per heavy atom. The van der Waals surface area contributed by atoms with Gasteiger partial charge in [0, 0.05) is 6.42 Å². The normalized spacial score (nSPS) is 11.3. The fourth-order valence-electron chi connectivity index (χ4n) is 2.90. The summed E-state index contributed by atoms with van der Waals surface area (Å²) in [4.78, 5) is 28.5. The number of benzene rings is 2. The molecule has 0 aliphatic heterocycles. The molecule has 3 rings (SSSR count). The molecule has 31 heavy (non-hydrogen) atoms. The van der Waals surface area contributed by atoms with Gasteiger partial charge >= 0.3 is 11.9 Å². The summed E-state index contributed by atoms with van der Waals surface area (Å²) in [6, 6.07) is 11.7. The average Bonchev–Trinajstić information content (AvgIpc) is 3.08. The van der Waals surface area contributed by atoms with Crippen molar-refractivity contribution in [1.29, 1.82) is 0 Å². The Morgan fingerprint density at radius 1 is 1.13 bits per heavy atom. The molecule has 0 radical (unpaired) electrons. The van der Waals surface area contributed by atoms with Crippen molar-refractivity contribution in [1.82, 2.24) is 4.98 Å². The molecule has 0 amide bonds. The molecule has 8 heteroatoms. The third-order valence-electron chi connectivity index (χ3n) is 4.28. The van der Waals surface area contributed by atoms with Gasteiger partial charge in [0.15, 0.2) is 0 Å². The number of thiazole rings is 1. The van der Waals surface area contributed by atoms with Crippen molar-refractivity contribution in [2.24, 2.45) is 0 Å². The second-order valence-electron chi connectivity index (χ2n) is 7.76. The Morgan fingerprint density at radius 3 is 2.48 bits per heavy atom. The van der Waals surface area contributed by atoms with E-state index in [2.05, 4.69) is 25.7 Å². The molecule has 162 valence electrons. The van der Waals surface area contributed by atoms with Crippen LogP contribution in [-0.4, -0.2) is 29.6 Å². The SMILES string of the molecule is COC(=O)c1nc(Cc2ccc(-c3ccccc3C(=O)OC(C)(C)C)cc2F)c(Br)s1. The summed E-state index contributed by atoms with van der Waals surface area (Å²) in [5, 5.41) is 0.202. The number of carbonyl (C=O) groups is 2. The molecule has 0 spiro atoms. The molecular formula is C23H21BrFNO4S. The number of esters is 2. The summed E-state index contributed by atoms with van der Waals surface area (Å²) < 4.78 is 25.7. The van der Waals surface area contributed by atoms with Gasteiger partial charge in [0.05, 0.1) is 22.2 Å². The molecule has 0 N–H and O–H groups in total. The van der Waals surface area contributed by atoms with Crippen LogP contribution in [0.15, 0.2) is 46.3 Å². The molecule has 0 saturated carbocycles. The Bertz CT molecular complexity index is 1140. The molecule has 0 bridgehead atoms. The summed E-state index contributed by atoms with van der Waals surface area (Å²) in [7, 11) is 1.28. The highest BCUT2D eigenvalue weighted by Gasteiger charge is 2.22. The summed E-state index contributed by atoms with van der Waals surface area (Å²) >= 11 is 4.51. The van der Waals surface area contributed by atoms with E-state index in [1.54, 1.807) is 57.2 Å². The minimum Gasteiger partial charge on any atom is -0.464 e. The van der Waals surface area contributed by atoms with Crippen molar-refractivity contribution < 1.29 is 23.5 Å². The average molecular weight is 506 g/mol. The predicted molar refractivity (Wildman–Crippen MR) is 121 cm³/mol. The van der Waals surface area contributed by atoms with E-state index in [-0.39, 0.29) is 11.4 Å². The number of hydrogen-bond donors (Lipinski definition) is 0. The fourth-order valence-corrected chi connectivity index (χ4v) is 4.32. The Balaban J connectivity index is 1.90. The summed E-state index contributed by atoms with van der Waals surface area (Å²) in [5.74, 6) is -1.43. The van der Waals surface area contributed by atoms with E-state index >= 15 is 0 Å². The Hall–Kier alpha value is -2.58. The lowest BCUT2D eigenvalue weighted by Gasteiger charge is -2.20. The highest BCUT2D eigenvalue weighted by Crippen LogP contribution is 2.31. The number of aromatic nitrogens is 1. The van der Waals surface area contributed by atoms with Gasteiger partial charge in [0.1, 0.15) is 11.4 Å². The Labute approximate surface area is 192 Å². The molecule has 0 saturated heterocycles. The molecule has 1 aromatic heterocycles. The van der Waals surface area contributed by atoms with Gasteiger partial charge in [0.2, 0.25) is 5.01 Å². The van der Waals surface area contributed by atoms with Crippen molar-refractivity contribution in [3.63, 3.8) is 0 Å². The minimum atomic E-state index is -0.636. The van der Waals surface area contributed by atoms with E-state index in [1.807, 2.05) is 0 Å². The molecule has 1 heterocycles. The molecule has 0 atom stereocenters. The van der Waals surface area contributed by atoms with Gasteiger partial charge in [-0.05, 0) is 65.5 Å². The summed E-state index contributed by atoms with van der Waals surface area (Å²) in [6.45, 7) is 5.39. The molecule has 5 nitrogen and oxygen atoms in total. The number of nitrogens with zero attached hydrogens (tertiary/aromatic N) is 1. The number of carbonyl (C=O) groups excluding carboxylic acids is 2. The molecule has 0 unspecified atom stereocenters. The number of halogens is 2. The molecular weight excluding hydrogens is 485 g/mol. The smallest absolute Gasteiger partial charge is 0.367 e. The molecule has 2 aromatic carbocycles. The van der Waals surface area contributed by atoms with Crippen LogP contribution in [0.1, 0.15) is 52.2 Å².